The van der Waals surface area contributed by atoms with Crippen molar-refractivity contribution in [2.45, 2.75) is 19.0 Å². The molecular weight excluding hydrogens is 434 g/mol. The summed E-state index contributed by atoms with van der Waals surface area (Å²) in [5.74, 6) is 0.486. The van der Waals surface area contributed by atoms with Crippen molar-refractivity contribution in [3.63, 3.8) is 0 Å². The molecule has 0 bridgehead atoms. The van der Waals surface area contributed by atoms with E-state index < -0.39 is 6.04 Å². The second-order valence-corrected chi connectivity index (χ2v) is 8.05. The predicted octanol–water partition coefficient (Wildman–Crippen LogP) is 1.48. The van der Waals surface area contributed by atoms with Crippen LogP contribution in [-0.4, -0.2) is 69.4 Å². The summed E-state index contributed by atoms with van der Waals surface area (Å²) in [6.45, 7) is 1.63. The molecule has 1 fully saturated rings. The van der Waals surface area contributed by atoms with Gasteiger partial charge in [0.1, 0.15) is 24.0 Å². The topological polar surface area (TPSA) is 141 Å². The Bertz CT molecular complexity index is 1210. The van der Waals surface area contributed by atoms with Crippen LogP contribution in [-0.2, 0) is 20.9 Å². The van der Waals surface area contributed by atoms with Gasteiger partial charge in [0.2, 0.25) is 11.8 Å². The standard InChI is InChI=1S/C24H27N7O3/c1-34-11-8-20-24(33)30(14-17-2-5-18-19(12-17)28-15-29-23(18)26)9-10-31(20)22(32)7-4-16-3-6-21(25)27-13-16/h2-7,12-13,15,20H,8-11,14H2,1H3,(H2,25,27)(H2,26,28,29)/t20-/m0/s1. The highest BCUT2D eigenvalue weighted by atomic mass is 16.5. The first kappa shape index (κ1) is 23.1. The number of nitrogen functional groups attached to an aromatic ring is 2. The molecule has 1 aliphatic rings. The lowest BCUT2D eigenvalue weighted by Crippen LogP contribution is -2.58. The van der Waals surface area contributed by atoms with Crippen LogP contribution in [0.15, 0.2) is 48.9 Å². The van der Waals surface area contributed by atoms with E-state index in [2.05, 4.69) is 15.0 Å². The molecule has 1 saturated heterocycles. The van der Waals surface area contributed by atoms with Crippen LogP contribution in [0.1, 0.15) is 17.5 Å². The number of hydrogen-bond donors (Lipinski definition) is 2. The minimum absolute atomic E-state index is 0.110. The molecule has 0 saturated carbocycles. The summed E-state index contributed by atoms with van der Waals surface area (Å²) in [7, 11) is 1.58. The highest BCUT2D eigenvalue weighted by Crippen LogP contribution is 2.22. The fourth-order valence-electron chi connectivity index (χ4n) is 3.99. The summed E-state index contributed by atoms with van der Waals surface area (Å²) >= 11 is 0. The van der Waals surface area contributed by atoms with E-state index in [0.29, 0.717) is 44.3 Å². The van der Waals surface area contributed by atoms with Crippen molar-refractivity contribution in [1.29, 1.82) is 0 Å². The first-order valence-corrected chi connectivity index (χ1v) is 10.9. The van der Waals surface area contributed by atoms with Crippen LogP contribution in [0.2, 0.25) is 0 Å². The number of carbonyl (C=O) groups excluding carboxylic acids is 2. The zero-order chi connectivity index (χ0) is 24.1. The average molecular weight is 462 g/mol. The molecule has 0 radical (unpaired) electrons. The number of ether oxygens (including phenoxy) is 1. The molecule has 0 unspecified atom stereocenters. The number of pyridine rings is 1. The maximum atomic E-state index is 13.4. The molecular formula is C24H27N7O3. The largest absolute Gasteiger partial charge is 0.385 e. The molecule has 10 nitrogen and oxygen atoms in total. The van der Waals surface area contributed by atoms with E-state index in [0.717, 1.165) is 22.0 Å². The van der Waals surface area contributed by atoms with E-state index in [-0.39, 0.29) is 11.8 Å². The number of hydrogen-bond acceptors (Lipinski definition) is 8. The molecule has 10 heteroatoms. The minimum Gasteiger partial charge on any atom is -0.385 e. The van der Waals surface area contributed by atoms with E-state index in [9.17, 15) is 9.59 Å². The lowest BCUT2D eigenvalue weighted by Gasteiger charge is -2.40. The summed E-state index contributed by atoms with van der Waals surface area (Å²) in [5, 5.41) is 0.772. The Kier molecular flexibility index (Phi) is 6.98. The second kappa shape index (κ2) is 10.3. The van der Waals surface area contributed by atoms with Gasteiger partial charge in [-0.15, -0.1) is 0 Å². The lowest BCUT2D eigenvalue weighted by atomic mass is 10.1. The Morgan fingerprint density at radius 2 is 2.03 bits per heavy atom. The fraction of sp³-hybridized carbons (Fsp3) is 0.292. The number of aromatic nitrogens is 3. The monoisotopic (exact) mass is 461 g/mol. The molecule has 4 rings (SSSR count). The van der Waals surface area contributed by atoms with E-state index in [1.165, 1.54) is 12.4 Å². The average Bonchev–Trinajstić information content (AvgIpc) is 2.84. The van der Waals surface area contributed by atoms with Gasteiger partial charge in [0, 0.05) is 57.4 Å². The van der Waals surface area contributed by atoms with Crippen molar-refractivity contribution in [3.8, 4) is 0 Å². The van der Waals surface area contributed by atoms with Gasteiger partial charge in [0.15, 0.2) is 0 Å². The van der Waals surface area contributed by atoms with Gasteiger partial charge in [-0.1, -0.05) is 6.07 Å². The molecule has 1 atom stereocenters. The van der Waals surface area contributed by atoms with Crippen LogP contribution >= 0.6 is 0 Å². The number of fused-ring (bicyclic) bond motifs is 1. The van der Waals surface area contributed by atoms with Gasteiger partial charge in [-0.05, 0) is 41.5 Å². The number of benzene rings is 1. The Morgan fingerprint density at radius 3 is 2.79 bits per heavy atom. The van der Waals surface area contributed by atoms with Crippen molar-refractivity contribution in [1.82, 2.24) is 24.8 Å². The summed E-state index contributed by atoms with van der Waals surface area (Å²) in [6.07, 6.45) is 6.56. The summed E-state index contributed by atoms with van der Waals surface area (Å²) in [4.78, 5) is 42.0. The smallest absolute Gasteiger partial charge is 0.247 e. The van der Waals surface area contributed by atoms with Crippen molar-refractivity contribution in [3.05, 3.63) is 60.1 Å². The van der Waals surface area contributed by atoms with Gasteiger partial charge in [-0.25, -0.2) is 15.0 Å². The number of anilines is 2. The third-order valence-corrected chi connectivity index (χ3v) is 5.80. The van der Waals surface area contributed by atoms with Crippen LogP contribution in [0.5, 0.6) is 0 Å². The second-order valence-electron chi connectivity index (χ2n) is 8.05. The zero-order valence-electron chi connectivity index (χ0n) is 18.9. The summed E-state index contributed by atoms with van der Waals surface area (Å²) in [6, 6.07) is 8.53. The Morgan fingerprint density at radius 1 is 1.18 bits per heavy atom. The van der Waals surface area contributed by atoms with Gasteiger partial charge in [0.25, 0.3) is 0 Å². The molecule has 176 valence electrons. The highest BCUT2D eigenvalue weighted by molar-refractivity contribution is 5.96. The quantitative estimate of drug-likeness (QED) is 0.504. The van der Waals surface area contributed by atoms with Crippen LogP contribution in [0.4, 0.5) is 11.6 Å². The van der Waals surface area contributed by atoms with Crippen LogP contribution in [0.25, 0.3) is 17.0 Å². The van der Waals surface area contributed by atoms with E-state index in [1.807, 2.05) is 18.2 Å². The zero-order valence-corrected chi connectivity index (χ0v) is 18.9. The first-order valence-electron chi connectivity index (χ1n) is 10.9. The van der Waals surface area contributed by atoms with E-state index in [4.69, 9.17) is 16.2 Å². The predicted molar refractivity (Wildman–Crippen MR) is 129 cm³/mol. The third-order valence-electron chi connectivity index (χ3n) is 5.80. The highest BCUT2D eigenvalue weighted by Gasteiger charge is 2.36. The van der Waals surface area contributed by atoms with Crippen molar-refractivity contribution in [2.75, 3.05) is 38.3 Å². The number of amides is 2. The number of carbonyl (C=O) groups is 2. The molecule has 0 aliphatic carbocycles. The summed E-state index contributed by atoms with van der Waals surface area (Å²) in [5.41, 5.74) is 13.9. The van der Waals surface area contributed by atoms with Crippen LogP contribution in [0.3, 0.4) is 0 Å². The molecule has 0 spiro atoms. The van der Waals surface area contributed by atoms with Crippen molar-refractivity contribution in [2.24, 2.45) is 0 Å². The normalized spacial score (nSPS) is 16.5. The lowest BCUT2D eigenvalue weighted by molar-refractivity contribution is -0.150. The molecule has 1 aliphatic heterocycles. The van der Waals surface area contributed by atoms with Gasteiger partial charge in [-0.2, -0.15) is 0 Å². The third kappa shape index (κ3) is 5.12. The van der Waals surface area contributed by atoms with E-state index in [1.54, 1.807) is 41.3 Å². The summed E-state index contributed by atoms with van der Waals surface area (Å²) < 4.78 is 5.20. The molecule has 4 N–H and O–H groups in total. The Balaban J connectivity index is 1.49. The van der Waals surface area contributed by atoms with Gasteiger partial charge in [0.05, 0.1) is 5.52 Å². The maximum absolute atomic E-state index is 13.4. The maximum Gasteiger partial charge on any atom is 0.247 e. The molecule has 3 aromatic rings. The Labute approximate surface area is 197 Å². The number of nitrogens with zero attached hydrogens (tertiary/aromatic N) is 5. The fourth-order valence-corrected chi connectivity index (χ4v) is 3.99. The molecule has 3 heterocycles. The van der Waals surface area contributed by atoms with Gasteiger partial charge in [-0.3, -0.25) is 9.59 Å². The Hall–Kier alpha value is -4.05. The minimum atomic E-state index is -0.603. The number of rotatable bonds is 7. The SMILES string of the molecule is COCC[C@H]1C(=O)N(Cc2ccc3c(N)ncnc3c2)CCN1C(=O)C=Cc1ccc(N)nc1. The van der Waals surface area contributed by atoms with Crippen molar-refractivity contribution < 1.29 is 14.3 Å². The molecule has 2 amide bonds. The number of methoxy groups -OCH3 is 1. The van der Waals surface area contributed by atoms with Crippen LogP contribution in [0, 0.1) is 0 Å². The van der Waals surface area contributed by atoms with Gasteiger partial charge < -0.3 is 26.0 Å². The first-order chi connectivity index (χ1) is 16.5. The molecule has 1 aromatic carbocycles. The van der Waals surface area contributed by atoms with Crippen LogP contribution < -0.4 is 11.5 Å². The molecule has 2 aromatic heterocycles. The number of nitrogens with two attached hydrogens (primary N) is 2. The number of piperazine rings is 1. The van der Waals surface area contributed by atoms with Crippen molar-refractivity contribution >= 4 is 40.4 Å². The van der Waals surface area contributed by atoms with E-state index >= 15 is 0 Å². The van der Waals surface area contributed by atoms with Gasteiger partial charge >= 0.3 is 0 Å². The molecule has 34 heavy (non-hydrogen) atoms.